The van der Waals surface area contributed by atoms with Crippen LogP contribution in [0.3, 0.4) is 0 Å². The standard InChI is InChI=1S/C13H12O3/c1-15-8-5-6-12-11(7-8)9-3-2-4-10(9)13(14)16-12/h3,5-7,10H,2,4H2,1H3/t10-/m0/s1. The van der Waals surface area contributed by atoms with Gasteiger partial charge in [0.05, 0.1) is 13.0 Å². The van der Waals surface area contributed by atoms with Crippen molar-refractivity contribution in [1.29, 1.82) is 0 Å². The Bertz CT molecular complexity index is 488. The summed E-state index contributed by atoms with van der Waals surface area (Å²) in [6.07, 6.45) is 3.94. The molecule has 1 aromatic rings. The smallest absolute Gasteiger partial charge is 0.318 e. The average Bonchev–Trinajstić information content (AvgIpc) is 2.78. The van der Waals surface area contributed by atoms with Gasteiger partial charge in [0.15, 0.2) is 0 Å². The Hall–Kier alpha value is -1.77. The van der Waals surface area contributed by atoms with Crippen LogP contribution < -0.4 is 9.47 Å². The molecule has 0 aromatic heterocycles. The van der Waals surface area contributed by atoms with Gasteiger partial charge in [-0.2, -0.15) is 0 Å². The fraction of sp³-hybridized carbons (Fsp3) is 0.308. The summed E-state index contributed by atoms with van der Waals surface area (Å²) >= 11 is 0. The third kappa shape index (κ3) is 1.24. The molecule has 2 aliphatic rings. The molecule has 1 aliphatic carbocycles. The van der Waals surface area contributed by atoms with Crippen LogP contribution >= 0.6 is 0 Å². The van der Waals surface area contributed by atoms with E-state index in [2.05, 4.69) is 6.08 Å². The van der Waals surface area contributed by atoms with Gasteiger partial charge in [0.2, 0.25) is 0 Å². The van der Waals surface area contributed by atoms with Gasteiger partial charge >= 0.3 is 5.97 Å². The molecular formula is C13H12O3. The molecule has 0 saturated heterocycles. The second kappa shape index (κ2) is 3.37. The van der Waals surface area contributed by atoms with E-state index in [1.807, 2.05) is 12.1 Å². The highest BCUT2D eigenvalue weighted by Crippen LogP contribution is 2.44. The number of carbonyl (C=O) groups is 1. The minimum absolute atomic E-state index is 0.0698. The van der Waals surface area contributed by atoms with Gasteiger partial charge in [-0.25, -0.2) is 0 Å². The summed E-state index contributed by atoms with van der Waals surface area (Å²) < 4.78 is 10.5. The normalized spacial score (nSPS) is 21.9. The van der Waals surface area contributed by atoms with Crippen molar-refractivity contribution in [2.24, 2.45) is 5.92 Å². The lowest BCUT2D eigenvalue weighted by Gasteiger charge is -2.23. The molecule has 0 spiro atoms. The van der Waals surface area contributed by atoms with Crippen molar-refractivity contribution in [2.75, 3.05) is 7.11 Å². The molecular weight excluding hydrogens is 204 g/mol. The Balaban J connectivity index is 2.15. The Morgan fingerprint density at radius 1 is 1.44 bits per heavy atom. The Morgan fingerprint density at radius 3 is 3.12 bits per heavy atom. The minimum atomic E-state index is -0.124. The number of benzene rings is 1. The molecule has 3 rings (SSSR count). The molecule has 0 unspecified atom stereocenters. The maximum absolute atomic E-state index is 11.7. The van der Waals surface area contributed by atoms with E-state index in [0.29, 0.717) is 5.75 Å². The summed E-state index contributed by atoms with van der Waals surface area (Å²) in [6, 6.07) is 5.54. The van der Waals surface area contributed by atoms with Crippen LogP contribution in [-0.2, 0) is 4.79 Å². The number of allylic oxidation sites excluding steroid dienone is 1. The zero-order valence-electron chi connectivity index (χ0n) is 9.03. The number of rotatable bonds is 1. The first kappa shape index (κ1) is 9.46. The van der Waals surface area contributed by atoms with Crippen molar-refractivity contribution in [3.8, 4) is 11.5 Å². The first-order valence-electron chi connectivity index (χ1n) is 5.40. The number of methoxy groups -OCH3 is 1. The quantitative estimate of drug-likeness (QED) is 0.534. The van der Waals surface area contributed by atoms with E-state index in [9.17, 15) is 4.79 Å². The third-order valence-corrected chi connectivity index (χ3v) is 3.19. The van der Waals surface area contributed by atoms with E-state index in [4.69, 9.17) is 9.47 Å². The third-order valence-electron chi connectivity index (χ3n) is 3.19. The van der Waals surface area contributed by atoms with Crippen LogP contribution in [0.25, 0.3) is 5.57 Å². The van der Waals surface area contributed by atoms with Crippen LogP contribution in [0.15, 0.2) is 24.3 Å². The first-order chi connectivity index (χ1) is 7.79. The molecule has 16 heavy (non-hydrogen) atoms. The van der Waals surface area contributed by atoms with Crippen LogP contribution in [0, 0.1) is 5.92 Å². The maximum atomic E-state index is 11.7. The van der Waals surface area contributed by atoms with Crippen molar-refractivity contribution in [2.45, 2.75) is 12.8 Å². The molecule has 0 fully saturated rings. The highest BCUT2D eigenvalue weighted by Gasteiger charge is 2.35. The molecule has 82 valence electrons. The number of carbonyl (C=O) groups excluding carboxylic acids is 1. The Morgan fingerprint density at radius 2 is 2.31 bits per heavy atom. The number of ether oxygens (including phenoxy) is 2. The summed E-state index contributed by atoms with van der Waals surface area (Å²) in [6.45, 7) is 0. The molecule has 1 aliphatic heterocycles. The van der Waals surface area contributed by atoms with E-state index in [1.165, 1.54) is 0 Å². The molecule has 0 radical (unpaired) electrons. The number of fused-ring (bicyclic) bond motifs is 3. The SMILES string of the molecule is COc1ccc2c(c1)C1=CCC[C@@H]1C(=O)O2. The van der Waals surface area contributed by atoms with Gasteiger partial charge in [-0.3, -0.25) is 4.79 Å². The zero-order chi connectivity index (χ0) is 11.1. The van der Waals surface area contributed by atoms with Crippen molar-refractivity contribution in [3.63, 3.8) is 0 Å². The van der Waals surface area contributed by atoms with E-state index in [1.54, 1.807) is 13.2 Å². The van der Waals surface area contributed by atoms with Gasteiger partial charge in [-0.05, 0) is 36.6 Å². The van der Waals surface area contributed by atoms with E-state index < -0.39 is 0 Å². The molecule has 1 aromatic carbocycles. The van der Waals surface area contributed by atoms with E-state index in [-0.39, 0.29) is 11.9 Å². The second-order valence-electron chi connectivity index (χ2n) is 4.07. The van der Waals surface area contributed by atoms with Crippen molar-refractivity contribution in [3.05, 3.63) is 29.8 Å². The monoisotopic (exact) mass is 216 g/mol. The van der Waals surface area contributed by atoms with Gasteiger partial charge in [0.1, 0.15) is 11.5 Å². The molecule has 3 nitrogen and oxygen atoms in total. The maximum Gasteiger partial charge on any atom is 0.318 e. The molecule has 3 heteroatoms. The summed E-state index contributed by atoms with van der Waals surface area (Å²) in [5, 5.41) is 0. The predicted octanol–water partition coefficient (Wildman–Crippen LogP) is 2.41. The molecule has 1 atom stereocenters. The van der Waals surface area contributed by atoms with Gasteiger partial charge in [-0.1, -0.05) is 6.08 Å². The Labute approximate surface area is 93.7 Å². The van der Waals surface area contributed by atoms with Crippen molar-refractivity contribution >= 4 is 11.5 Å². The highest BCUT2D eigenvalue weighted by atomic mass is 16.5. The molecule has 0 saturated carbocycles. The van der Waals surface area contributed by atoms with Gasteiger partial charge in [0, 0.05) is 5.56 Å². The van der Waals surface area contributed by atoms with Crippen LogP contribution in [0.5, 0.6) is 11.5 Å². The molecule has 0 amide bonds. The lowest BCUT2D eigenvalue weighted by atomic mass is 9.92. The van der Waals surface area contributed by atoms with Gasteiger partial charge in [-0.15, -0.1) is 0 Å². The first-order valence-corrected chi connectivity index (χ1v) is 5.40. The van der Waals surface area contributed by atoms with Crippen LogP contribution in [0.1, 0.15) is 18.4 Å². The number of hydrogen-bond acceptors (Lipinski definition) is 3. The zero-order valence-corrected chi connectivity index (χ0v) is 9.03. The molecule has 1 heterocycles. The van der Waals surface area contributed by atoms with Gasteiger partial charge in [0.25, 0.3) is 0 Å². The second-order valence-corrected chi connectivity index (χ2v) is 4.07. The van der Waals surface area contributed by atoms with Gasteiger partial charge < -0.3 is 9.47 Å². The van der Waals surface area contributed by atoms with Crippen LogP contribution in [0.2, 0.25) is 0 Å². The number of hydrogen-bond donors (Lipinski definition) is 0. The fourth-order valence-electron chi connectivity index (χ4n) is 2.38. The van der Waals surface area contributed by atoms with E-state index in [0.717, 1.165) is 29.7 Å². The fourth-order valence-corrected chi connectivity index (χ4v) is 2.38. The van der Waals surface area contributed by atoms with Crippen LogP contribution in [-0.4, -0.2) is 13.1 Å². The lowest BCUT2D eigenvalue weighted by Crippen LogP contribution is -2.24. The average molecular weight is 216 g/mol. The highest BCUT2D eigenvalue weighted by molar-refractivity contribution is 5.96. The molecule has 0 N–H and O–H groups in total. The Kier molecular flexibility index (Phi) is 1.99. The minimum Gasteiger partial charge on any atom is -0.497 e. The summed E-state index contributed by atoms with van der Waals surface area (Å²) in [5.74, 6) is 1.25. The topological polar surface area (TPSA) is 35.5 Å². The van der Waals surface area contributed by atoms with Crippen LogP contribution in [0.4, 0.5) is 0 Å². The lowest BCUT2D eigenvalue weighted by molar-refractivity contribution is -0.137. The summed E-state index contributed by atoms with van der Waals surface area (Å²) in [7, 11) is 1.64. The number of esters is 1. The largest absolute Gasteiger partial charge is 0.497 e. The molecule has 0 bridgehead atoms. The summed E-state index contributed by atoms with van der Waals surface area (Å²) in [5.41, 5.74) is 2.10. The predicted molar refractivity (Wildman–Crippen MR) is 59.3 cm³/mol. The van der Waals surface area contributed by atoms with E-state index >= 15 is 0 Å². The summed E-state index contributed by atoms with van der Waals surface area (Å²) in [4.78, 5) is 11.7. The van der Waals surface area contributed by atoms with Crippen molar-refractivity contribution in [1.82, 2.24) is 0 Å². The van der Waals surface area contributed by atoms with Crippen molar-refractivity contribution < 1.29 is 14.3 Å².